The summed E-state index contributed by atoms with van der Waals surface area (Å²) in [5.74, 6) is 0.773. The molecule has 9 heteroatoms. The molecule has 2 atom stereocenters. The molecule has 5 rings (SSSR count). The maximum absolute atomic E-state index is 13.4. The lowest BCUT2D eigenvalue weighted by molar-refractivity contribution is -0.131. The molecule has 34 heavy (non-hydrogen) atoms. The Morgan fingerprint density at radius 2 is 2.21 bits per heavy atom. The number of aliphatic hydroxyl groups is 1. The Morgan fingerprint density at radius 3 is 2.97 bits per heavy atom. The number of aromatic amines is 2. The standard InChI is InChI=1S/C25H27N5O3S/c1-29(23(32)12-16-5-6-22-20(11-16)28-25(33)34-22)21(15-30-10-7-19(31)14-30)17-3-2-4-18(13-17)24-26-8-9-27-24/h2-6,8-9,11,13,19,21,31H,7,10,12,14-15H2,1H3,(H,26,27)(H,28,33)/t19-,21+/m0/s1. The monoisotopic (exact) mass is 477 g/mol. The summed E-state index contributed by atoms with van der Waals surface area (Å²) in [5.41, 5.74) is 3.60. The number of carbonyl (C=O) groups excluding carboxylic acids is 1. The van der Waals surface area contributed by atoms with Crippen molar-refractivity contribution in [1.82, 2.24) is 24.8 Å². The molecule has 1 fully saturated rings. The van der Waals surface area contributed by atoms with Gasteiger partial charge < -0.3 is 20.0 Å². The van der Waals surface area contributed by atoms with E-state index in [0.717, 1.165) is 45.7 Å². The predicted octanol–water partition coefficient (Wildman–Crippen LogP) is 2.79. The number of rotatable bonds is 7. The van der Waals surface area contributed by atoms with Gasteiger partial charge in [-0.05, 0) is 35.7 Å². The highest BCUT2D eigenvalue weighted by Crippen LogP contribution is 2.27. The van der Waals surface area contributed by atoms with Gasteiger partial charge in [-0.25, -0.2) is 4.98 Å². The summed E-state index contributed by atoms with van der Waals surface area (Å²) in [4.78, 5) is 39.3. The minimum atomic E-state index is -0.324. The van der Waals surface area contributed by atoms with E-state index < -0.39 is 0 Å². The molecule has 1 saturated heterocycles. The summed E-state index contributed by atoms with van der Waals surface area (Å²) in [7, 11) is 1.84. The van der Waals surface area contributed by atoms with Crippen LogP contribution in [0.5, 0.6) is 0 Å². The van der Waals surface area contributed by atoms with E-state index in [1.165, 1.54) is 11.3 Å². The Morgan fingerprint density at radius 1 is 1.32 bits per heavy atom. The highest BCUT2D eigenvalue weighted by molar-refractivity contribution is 7.16. The van der Waals surface area contributed by atoms with Crippen molar-refractivity contribution in [3.63, 3.8) is 0 Å². The summed E-state index contributed by atoms with van der Waals surface area (Å²) >= 11 is 1.17. The number of amides is 1. The summed E-state index contributed by atoms with van der Waals surface area (Å²) in [6, 6.07) is 13.6. The van der Waals surface area contributed by atoms with Gasteiger partial charge in [0.2, 0.25) is 5.91 Å². The van der Waals surface area contributed by atoms with Gasteiger partial charge in [0.05, 0.1) is 28.8 Å². The number of H-pyrrole nitrogens is 2. The molecule has 2 aromatic heterocycles. The molecule has 2 aromatic carbocycles. The molecule has 4 aromatic rings. The number of likely N-dealkylation sites (tertiary alicyclic amines) is 1. The van der Waals surface area contributed by atoms with Crippen LogP contribution in [0.1, 0.15) is 23.6 Å². The Bertz CT molecular complexity index is 1350. The molecule has 0 unspecified atom stereocenters. The average Bonchev–Trinajstić information content (AvgIpc) is 3.57. The molecule has 1 aliphatic heterocycles. The molecule has 0 radical (unpaired) electrons. The number of imidazole rings is 1. The summed E-state index contributed by atoms with van der Waals surface area (Å²) < 4.78 is 0.884. The van der Waals surface area contributed by atoms with Gasteiger partial charge in [0.1, 0.15) is 5.82 Å². The van der Waals surface area contributed by atoms with Gasteiger partial charge in [-0.1, -0.05) is 35.6 Å². The zero-order valence-electron chi connectivity index (χ0n) is 18.9. The lowest BCUT2D eigenvalue weighted by Gasteiger charge is -2.32. The zero-order chi connectivity index (χ0) is 23.7. The number of benzene rings is 2. The van der Waals surface area contributed by atoms with Crippen LogP contribution < -0.4 is 4.87 Å². The van der Waals surface area contributed by atoms with Crippen LogP contribution in [0.3, 0.4) is 0 Å². The van der Waals surface area contributed by atoms with Crippen LogP contribution in [-0.4, -0.2) is 68.6 Å². The number of likely N-dealkylation sites (N-methyl/N-ethyl adjacent to an activating group) is 1. The minimum Gasteiger partial charge on any atom is -0.392 e. The SMILES string of the molecule is CN(C(=O)Cc1ccc2sc(=O)[nH]c2c1)[C@H](CN1CC[C@H](O)C1)c1cccc(-c2ncc[nH]2)c1. The Labute approximate surface area is 200 Å². The summed E-state index contributed by atoms with van der Waals surface area (Å²) in [5, 5.41) is 10.0. The number of carbonyl (C=O) groups is 1. The molecule has 3 heterocycles. The number of aliphatic hydroxyl groups excluding tert-OH is 1. The average molecular weight is 478 g/mol. The quantitative estimate of drug-likeness (QED) is 0.380. The van der Waals surface area contributed by atoms with E-state index in [-0.39, 0.29) is 29.3 Å². The molecule has 0 saturated carbocycles. The zero-order valence-corrected chi connectivity index (χ0v) is 19.7. The summed E-state index contributed by atoms with van der Waals surface area (Å²) in [6.07, 6.45) is 4.17. The molecule has 1 amide bonds. The third-order valence-corrected chi connectivity index (χ3v) is 7.28. The fourth-order valence-electron chi connectivity index (χ4n) is 4.57. The molecule has 3 N–H and O–H groups in total. The van der Waals surface area contributed by atoms with Crippen molar-refractivity contribution in [2.45, 2.75) is 25.0 Å². The van der Waals surface area contributed by atoms with E-state index >= 15 is 0 Å². The van der Waals surface area contributed by atoms with Crippen LogP contribution in [-0.2, 0) is 11.2 Å². The Balaban J connectivity index is 1.41. The second-order valence-electron chi connectivity index (χ2n) is 8.81. The number of hydrogen-bond acceptors (Lipinski definition) is 6. The molecule has 176 valence electrons. The summed E-state index contributed by atoms with van der Waals surface area (Å²) in [6.45, 7) is 2.05. The first-order valence-electron chi connectivity index (χ1n) is 11.3. The van der Waals surface area contributed by atoms with Crippen LogP contribution in [0.15, 0.2) is 59.7 Å². The number of β-amino-alcohol motifs (C(OH)–C–C–N with tert-alkyl or cyclic N) is 1. The Hall–Kier alpha value is -3.27. The fourth-order valence-corrected chi connectivity index (χ4v) is 5.29. The van der Waals surface area contributed by atoms with Crippen LogP contribution in [0.4, 0.5) is 0 Å². The van der Waals surface area contributed by atoms with E-state index in [0.29, 0.717) is 13.1 Å². The molecule has 1 aliphatic rings. The van der Waals surface area contributed by atoms with Crippen molar-refractivity contribution in [2.75, 3.05) is 26.7 Å². The Kier molecular flexibility index (Phi) is 6.32. The molecule has 0 aliphatic carbocycles. The number of nitrogens with zero attached hydrogens (tertiary/aromatic N) is 3. The van der Waals surface area contributed by atoms with Gasteiger partial charge in [0.15, 0.2) is 0 Å². The van der Waals surface area contributed by atoms with Crippen LogP contribution >= 0.6 is 11.3 Å². The number of fused-ring (bicyclic) bond motifs is 1. The van der Waals surface area contributed by atoms with E-state index in [9.17, 15) is 14.7 Å². The molecule has 8 nitrogen and oxygen atoms in total. The third-order valence-electron chi connectivity index (χ3n) is 6.42. The van der Waals surface area contributed by atoms with Crippen molar-refractivity contribution >= 4 is 27.5 Å². The van der Waals surface area contributed by atoms with Gasteiger partial charge >= 0.3 is 4.87 Å². The maximum atomic E-state index is 13.4. The lowest BCUT2D eigenvalue weighted by atomic mass is 10.0. The molecular formula is C25H27N5O3S. The predicted molar refractivity (Wildman–Crippen MR) is 133 cm³/mol. The van der Waals surface area contributed by atoms with Gasteiger partial charge in [-0.3, -0.25) is 14.5 Å². The van der Waals surface area contributed by atoms with Crippen LogP contribution in [0, 0.1) is 0 Å². The number of aromatic nitrogens is 3. The molecule has 0 spiro atoms. The van der Waals surface area contributed by atoms with E-state index in [1.807, 2.05) is 43.4 Å². The van der Waals surface area contributed by atoms with E-state index in [2.05, 4.69) is 25.9 Å². The second-order valence-corrected chi connectivity index (χ2v) is 9.82. The van der Waals surface area contributed by atoms with E-state index in [1.54, 1.807) is 17.3 Å². The van der Waals surface area contributed by atoms with E-state index in [4.69, 9.17) is 0 Å². The number of thiazole rings is 1. The largest absolute Gasteiger partial charge is 0.392 e. The van der Waals surface area contributed by atoms with Gasteiger partial charge in [0.25, 0.3) is 0 Å². The third kappa shape index (κ3) is 4.82. The lowest BCUT2D eigenvalue weighted by Crippen LogP contribution is -2.39. The van der Waals surface area contributed by atoms with Crippen molar-refractivity contribution in [3.05, 3.63) is 75.7 Å². The van der Waals surface area contributed by atoms with Gasteiger partial charge in [0, 0.05) is 44.6 Å². The molecule has 0 bridgehead atoms. The topological polar surface area (TPSA) is 105 Å². The number of nitrogens with one attached hydrogen (secondary N) is 2. The molecular weight excluding hydrogens is 450 g/mol. The first kappa shape index (κ1) is 22.5. The van der Waals surface area contributed by atoms with Crippen molar-refractivity contribution in [1.29, 1.82) is 0 Å². The highest BCUT2D eigenvalue weighted by Gasteiger charge is 2.28. The van der Waals surface area contributed by atoms with Crippen molar-refractivity contribution < 1.29 is 9.90 Å². The van der Waals surface area contributed by atoms with Gasteiger partial charge in [-0.2, -0.15) is 0 Å². The highest BCUT2D eigenvalue weighted by atomic mass is 32.1. The fraction of sp³-hybridized carbons (Fsp3) is 0.320. The minimum absolute atomic E-state index is 0.00919. The first-order valence-corrected chi connectivity index (χ1v) is 12.2. The van der Waals surface area contributed by atoms with Crippen LogP contribution in [0.25, 0.3) is 21.6 Å². The number of hydrogen-bond donors (Lipinski definition) is 3. The normalized spacial score (nSPS) is 17.3. The van der Waals surface area contributed by atoms with Gasteiger partial charge in [-0.15, -0.1) is 0 Å². The maximum Gasteiger partial charge on any atom is 0.305 e. The second kappa shape index (κ2) is 9.54. The van der Waals surface area contributed by atoms with Crippen molar-refractivity contribution in [2.24, 2.45) is 0 Å². The van der Waals surface area contributed by atoms with Crippen molar-refractivity contribution in [3.8, 4) is 11.4 Å². The smallest absolute Gasteiger partial charge is 0.305 e. The van der Waals surface area contributed by atoms with Crippen LogP contribution in [0.2, 0.25) is 0 Å². The first-order chi connectivity index (χ1) is 16.5.